The van der Waals surface area contributed by atoms with Crippen molar-refractivity contribution in [1.82, 2.24) is 4.98 Å². The van der Waals surface area contributed by atoms with Crippen LogP contribution < -0.4 is 4.72 Å². The zero-order valence-electron chi connectivity index (χ0n) is 14.8. The van der Waals surface area contributed by atoms with Gasteiger partial charge in [0.15, 0.2) is 0 Å². The van der Waals surface area contributed by atoms with Crippen LogP contribution in [0.25, 0.3) is 10.6 Å². The fourth-order valence-corrected chi connectivity index (χ4v) is 5.56. The summed E-state index contributed by atoms with van der Waals surface area (Å²) in [5, 5.41) is 4.51. The molecule has 26 heavy (non-hydrogen) atoms. The van der Waals surface area contributed by atoms with Crippen LogP contribution in [0.4, 0.5) is 10.1 Å². The number of aromatic nitrogens is 1. The maximum atomic E-state index is 13.9. The van der Waals surface area contributed by atoms with E-state index in [2.05, 4.69) is 30.5 Å². The van der Waals surface area contributed by atoms with Gasteiger partial charge in [-0.3, -0.25) is 4.72 Å². The first-order valence-corrected chi connectivity index (χ1v) is 11.1. The Bertz CT molecular complexity index is 1050. The number of rotatable bonds is 4. The van der Waals surface area contributed by atoms with Gasteiger partial charge in [-0.1, -0.05) is 26.8 Å². The zero-order chi connectivity index (χ0) is 19.1. The third kappa shape index (κ3) is 3.97. The Balaban J connectivity index is 1.87. The number of nitrogens with zero attached hydrogens (tertiary/aromatic N) is 1. The molecule has 0 saturated carbocycles. The molecule has 0 aliphatic rings. The van der Waals surface area contributed by atoms with Crippen LogP contribution >= 0.6 is 22.7 Å². The molecule has 0 aliphatic carbocycles. The smallest absolute Gasteiger partial charge is 0.271 e. The van der Waals surface area contributed by atoms with Gasteiger partial charge in [0.05, 0.1) is 11.4 Å². The molecule has 0 spiro atoms. The number of aryl methyl sites for hydroxylation is 1. The number of thiophene rings is 1. The van der Waals surface area contributed by atoms with E-state index in [0.717, 1.165) is 33.2 Å². The third-order valence-electron chi connectivity index (χ3n) is 3.73. The van der Waals surface area contributed by atoms with E-state index >= 15 is 0 Å². The molecule has 1 aromatic carbocycles. The van der Waals surface area contributed by atoms with Crippen LogP contribution in [0.2, 0.25) is 0 Å². The second kappa shape index (κ2) is 6.75. The van der Waals surface area contributed by atoms with E-state index in [4.69, 9.17) is 0 Å². The third-order valence-corrected chi connectivity index (χ3v) is 7.43. The van der Waals surface area contributed by atoms with Gasteiger partial charge in [-0.25, -0.2) is 17.8 Å². The minimum Gasteiger partial charge on any atom is -0.276 e. The van der Waals surface area contributed by atoms with Crippen molar-refractivity contribution in [3.63, 3.8) is 0 Å². The van der Waals surface area contributed by atoms with Crippen molar-refractivity contribution in [1.29, 1.82) is 0 Å². The number of thiazole rings is 1. The quantitative estimate of drug-likeness (QED) is 0.625. The highest BCUT2D eigenvalue weighted by Gasteiger charge is 2.22. The van der Waals surface area contributed by atoms with Crippen LogP contribution in [-0.2, 0) is 15.4 Å². The molecule has 0 unspecified atom stereocenters. The average molecular weight is 411 g/mol. The summed E-state index contributed by atoms with van der Waals surface area (Å²) in [5.74, 6) is -0.597. The van der Waals surface area contributed by atoms with Gasteiger partial charge in [0.2, 0.25) is 0 Å². The molecule has 0 saturated heterocycles. The molecule has 4 nitrogen and oxygen atoms in total. The first-order valence-electron chi connectivity index (χ1n) is 7.90. The molecule has 2 heterocycles. The molecular formula is C18H19FN2O2S3. The lowest BCUT2D eigenvalue weighted by molar-refractivity contribution is 0.573. The van der Waals surface area contributed by atoms with E-state index in [9.17, 15) is 12.8 Å². The highest BCUT2D eigenvalue weighted by molar-refractivity contribution is 7.94. The van der Waals surface area contributed by atoms with Gasteiger partial charge in [-0.05, 0) is 30.7 Å². The Morgan fingerprint density at radius 2 is 1.85 bits per heavy atom. The standard InChI is InChI=1S/C18H19FN2O2S3/c1-11-5-6-14(13(19)7-11)21-26(22,23)16-8-12(9-24-16)17-20-15(10-25-17)18(2,3)4/h5-10,21H,1-4H3. The van der Waals surface area contributed by atoms with Crippen LogP contribution in [0.5, 0.6) is 0 Å². The summed E-state index contributed by atoms with van der Waals surface area (Å²) in [4.78, 5) is 4.60. The largest absolute Gasteiger partial charge is 0.276 e. The molecule has 2 aromatic heterocycles. The molecule has 0 atom stereocenters. The number of hydrogen-bond donors (Lipinski definition) is 1. The molecule has 0 bridgehead atoms. The molecule has 0 radical (unpaired) electrons. The number of halogens is 1. The molecule has 3 aromatic rings. The van der Waals surface area contributed by atoms with Gasteiger partial charge in [0.1, 0.15) is 15.0 Å². The minimum atomic E-state index is -3.85. The first-order chi connectivity index (χ1) is 12.1. The van der Waals surface area contributed by atoms with E-state index < -0.39 is 15.8 Å². The Morgan fingerprint density at radius 3 is 2.46 bits per heavy atom. The monoisotopic (exact) mass is 410 g/mol. The van der Waals surface area contributed by atoms with Crippen LogP contribution in [0.15, 0.2) is 39.2 Å². The Morgan fingerprint density at radius 1 is 1.12 bits per heavy atom. The van der Waals surface area contributed by atoms with Crippen molar-refractivity contribution in [2.75, 3.05) is 4.72 Å². The number of anilines is 1. The number of sulfonamides is 1. The Labute approximate surface area is 160 Å². The molecule has 0 amide bonds. The second-order valence-electron chi connectivity index (χ2n) is 7.03. The molecule has 138 valence electrons. The van der Waals surface area contributed by atoms with Crippen LogP contribution in [0, 0.1) is 12.7 Å². The normalized spacial score (nSPS) is 12.3. The van der Waals surface area contributed by atoms with Gasteiger partial charge in [0.25, 0.3) is 10.0 Å². The van der Waals surface area contributed by atoms with E-state index in [-0.39, 0.29) is 15.3 Å². The van der Waals surface area contributed by atoms with E-state index in [1.165, 1.54) is 23.5 Å². The van der Waals surface area contributed by atoms with Gasteiger partial charge < -0.3 is 0 Å². The van der Waals surface area contributed by atoms with Crippen molar-refractivity contribution in [3.8, 4) is 10.6 Å². The number of nitrogens with one attached hydrogen (secondary N) is 1. The molecule has 0 fully saturated rings. The first kappa shape index (κ1) is 19.0. The SMILES string of the molecule is Cc1ccc(NS(=O)(=O)c2cc(-c3nc(C(C)(C)C)cs3)cs2)c(F)c1. The van der Waals surface area contributed by atoms with E-state index in [0.29, 0.717) is 0 Å². The molecule has 3 rings (SSSR count). The summed E-state index contributed by atoms with van der Waals surface area (Å²) >= 11 is 2.57. The van der Waals surface area contributed by atoms with Crippen molar-refractivity contribution >= 4 is 38.4 Å². The maximum absolute atomic E-state index is 13.9. The number of hydrogen-bond acceptors (Lipinski definition) is 5. The lowest BCUT2D eigenvalue weighted by Crippen LogP contribution is -2.12. The van der Waals surface area contributed by atoms with E-state index in [1.807, 2.05) is 5.38 Å². The summed E-state index contributed by atoms with van der Waals surface area (Å²) in [6, 6.07) is 5.95. The summed E-state index contributed by atoms with van der Waals surface area (Å²) in [6.45, 7) is 7.98. The molecular weight excluding hydrogens is 391 g/mol. The topological polar surface area (TPSA) is 59.1 Å². The van der Waals surface area contributed by atoms with Crippen molar-refractivity contribution in [2.24, 2.45) is 0 Å². The minimum absolute atomic E-state index is 0.0604. The van der Waals surface area contributed by atoms with Crippen LogP contribution in [0.3, 0.4) is 0 Å². The fourth-order valence-electron chi connectivity index (χ4n) is 2.22. The van der Waals surface area contributed by atoms with Gasteiger partial charge in [0, 0.05) is 21.7 Å². The lowest BCUT2D eigenvalue weighted by Gasteiger charge is -2.14. The Hall–Kier alpha value is -1.77. The highest BCUT2D eigenvalue weighted by Crippen LogP contribution is 2.34. The average Bonchev–Trinajstić information content (AvgIpc) is 3.17. The van der Waals surface area contributed by atoms with Crippen molar-refractivity contribution in [2.45, 2.75) is 37.3 Å². The summed E-state index contributed by atoms with van der Waals surface area (Å²) in [5.41, 5.74) is 2.31. The summed E-state index contributed by atoms with van der Waals surface area (Å²) < 4.78 is 41.5. The van der Waals surface area contributed by atoms with Gasteiger partial charge in [-0.15, -0.1) is 22.7 Å². The predicted octanol–water partition coefficient (Wildman–Crippen LogP) is 5.42. The lowest BCUT2D eigenvalue weighted by atomic mass is 9.93. The van der Waals surface area contributed by atoms with E-state index in [1.54, 1.807) is 24.4 Å². The van der Waals surface area contributed by atoms with Crippen molar-refractivity contribution in [3.05, 3.63) is 52.1 Å². The van der Waals surface area contributed by atoms with Crippen LogP contribution in [-0.4, -0.2) is 13.4 Å². The zero-order valence-corrected chi connectivity index (χ0v) is 17.3. The number of benzene rings is 1. The maximum Gasteiger partial charge on any atom is 0.271 e. The molecule has 0 aliphatic heterocycles. The second-order valence-corrected chi connectivity index (χ2v) is 10.7. The summed E-state index contributed by atoms with van der Waals surface area (Å²) in [7, 11) is -3.85. The fraction of sp³-hybridized carbons (Fsp3) is 0.278. The van der Waals surface area contributed by atoms with Crippen LogP contribution in [0.1, 0.15) is 32.0 Å². The Kier molecular flexibility index (Phi) is 4.94. The predicted molar refractivity (Wildman–Crippen MR) is 106 cm³/mol. The summed E-state index contributed by atoms with van der Waals surface area (Å²) in [6.07, 6.45) is 0. The highest BCUT2D eigenvalue weighted by atomic mass is 32.2. The molecule has 8 heteroatoms. The van der Waals surface area contributed by atoms with Crippen molar-refractivity contribution < 1.29 is 12.8 Å². The molecule has 1 N–H and O–H groups in total. The van der Waals surface area contributed by atoms with Gasteiger partial charge in [-0.2, -0.15) is 0 Å². The van der Waals surface area contributed by atoms with Gasteiger partial charge >= 0.3 is 0 Å².